The van der Waals surface area contributed by atoms with E-state index in [0.717, 1.165) is 4.47 Å². The van der Waals surface area contributed by atoms with Crippen LogP contribution in [0.1, 0.15) is 5.56 Å². The molecule has 0 atom stereocenters. The standard InChI is InChI=1S/C12H13BrF2N4O/c13-10-1-2-11(20-12(14)15)9(7-10)8-16-3-5-19-6-4-17-18-19/h1-2,4,6-7,12,16H,3,5,8H2. The third-order valence-electron chi connectivity index (χ3n) is 2.54. The number of ether oxygens (including phenoxy) is 1. The van der Waals surface area contributed by atoms with Crippen LogP contribution in [0.25, 0.3) is 0 Å². The monoisotopic (exact) mass is 346 g/mol. The molecule has 0 saturated heterocycles. The van der Waals surface area contributed by atoms with E-state index in [0.29, 0.717) is 25.2 Å². The van der Waals surface area contributed by atoms with Gasteiger partial charge in [-0.3, -0.25) is 4.68 Å². The Morgan fingerprint density at radius 2 is 2.25 bits per heavy atom. The van der Waals surface area contributed by atoms with Gasteiger partial charge in [0.05, 0.1) is 12.7 Å². The van der Waals surface area contributed by atoms with Gasteiger partial charge in [0, 0.05) is 29.3 Å². The van der Waals surface area contributed by atoms with Crippen molar-refractivity contribution in [1.29, 1.82) is 0 Å². The van der Waals surface area contributed by atoms with Crippen LogP contribution in [0.2, 0.25) is 0 Å². The van der Waals surface area contributed by atoms with Crippen molar-refractivity contribution in [1.82, 2.24) is 20.3 Å². The number of alkyl halides is 2. The van der Waals surface area contributed by atoms with Crippen LogP contribution in [0.15, 0.2) is 35.1 Å². The van der Waals surface area contributed by atoms with Gasteiger partial charge in [-0.25, -0.2) is 0 Å². The van der Waals surface area contributed by atoms with Crippen molar-refractivity contribution in [2.75, 3.05) is 6.54 Å². The molecule has 5 nitrogen and oxygen atoms in total. The molecule has 0 aliphatic carbocycles. The normalized spacial score (nSPS) is 11.0. The molecule has 1 aromatic heterocycles. The first-order valence-electron chi connectivity index (χ1n) is 5.93. The minimum absolute atomic E-state index is 0.177. The molecule has 0 aliphatic heterocycles. The maximum Gasteiger partial charge on any atom is 0.387 e. The van der Waals surface area contributed by atoms with Crippen LogP contribution < -0.4 is 10.1 Å². The average Bonchev–Trinajstić information content (AvgIpc) is 2.90. The quantitative estimate of drug-likeness (QED) is 0.782. The van der Waals surface area contributed by atoms with Gasteiger partial charge in [-0.1, -0.05) is 21.1 Å². The van der Waals surface area contributed by atoms with E-state index in [1.807, 2.05) is 0 Å². The zero-order chi connectivity index (χ0) is 14.4. The Bertz CT molecular complexity index is 536. The molecule has 8 heteroatoms. The van der Waals surface area contributed by atoms with Crippen LogP contribution in [0.4, 0.5) is 8.78 Å². The molecule has 0 radical (unpaired) electrons. The molecular formula is C12H13BrF2N4O. The zero-order valence-corrected chi connectivity index (χ0v) is 12.1. The molecule has 0 saturated carbocycles. The number of nitrogens with one attached hydrogen (secondary N) is 1. The molecule has 0 aliphatic rings. The lowest BCUT2D eigenvalue weighted by atomic mass is 10.2. The van der Waals surface area contributed by atoms with Crippen molar-refractivity contribution in [2.24, 2.45) is 0 Å². The summed E-state index contributed by atoms with van der Waals surface area (Å²) in [7, 11) is 0. The molecule has 2 rings (SSSR count). The van der Waals surface area contributed by atoms with E-state index in [9.17, 15) is 8.78 Å². The van der Waals surface area contributed by atoms with Gasteiger partial charge in [-0.15, -0.1) is 5.10 Å². The van der Waals surface area contributed by atoms with Gasteiger partial charge in [0.2, 0.25) is 0 Å². The van der Waals surface area contributed by atoms with E-state index in [2.05, 4.69) is 36.3 Å². The average molecular weight is 347 g/mol. The number of nitrogens with zero attached hydrogens (tertiary/aromatic N) is 3. The zero-order valence-electron chi connectivity index (χ0n) is 10.5. The summed E-state index contributed by atoms with van der Waals surface area (Å²) in [5, 5.41) is 10.7. The van der Waals surface area contributed by atoms with E-state index in [1.165, 1.54) is 6.07 Å². The van der Waals surface area contributed by atoms with Gasteiger partial charge >= 0.3 is 6.61 Å². The van der Waals surface area contributed by atoms with Crippen molar-refractivity contribution in [3.05, 3.63) is 40.6 Å². The van der Waals surface area contributed by atoms with Crippen LogP contribution >= 0.6 is 15.9 Å². The fourth-order valence-corrected chi connectivity index (χ4v) is 2.07. The molecule has 0 bridgehead atoms. The maximum atomic E-state index is 12.3. The number of hydrogen-bond acceptors (Lipinski definition) is 4. The second-order valence-electron chi connectivity index (χ2n) is 3.97. The Morgan fingerprint density at radius 3 is 2.95 bits per heavy atom. The molecular weight excluding hydrogens is 334 g/mol. The van der Waals surface area contributed by atoms with Gasteiger partial charge in [-0.05, 0) is 18.2 Å². The molecule has 0 spiro atoms. The highest BCUT2D eigenvalue weighted by atomic mass is 79.9. The Labute approximate surface area is 123 Å². The van der Waals surface area contributed by atoms with Crippen LogP contribution in [-0.4, -0.2) is 28.2 Å². The fourth-order valence-electron chi connectivity index (χ4n) is 1.67. The summed E-state index contributed by atoms with van der Waals surface area (Å²) in [4.78, 5) is 0. The highest BCUT2D eigenvalue weighted by molar-refractivity contribution is 9.10. The first-order valence-corrected chi connectivity index (χ1v) is 6.72. The Hall–Kier alpha value is -1.54. The van der Waals surface area contributed by atoms with Gasteiger partial charge in [0.1, 0.15) is 5.75 Å². The summed E-state index contributed by atoms with van der Waals surface area (Å²) in [5.41, 5.74) is 0.665. The third kappa shape index (κ3) is 4.53. The van der Waals surface area contributed by atoms with E-state index in [1.54, 1.807) is 29.2 Å². The molecule has 20 heavy (non-hydrogen) atoms. The number of benzene rings is 1. The van der Waals surface area contributed by atoms with Crippen LogP contribution in [0.5, 0.6) is 5.75 Å². The first-order chi connectivity index (χ1) is 9.65. The SMILES string of the molecule is FC(F)Oc1ccc(Br)cc1CNCCn1ccnn1. The Balaban J connectivity index is 1.88. The van der Waals surface area contributed by atoms with E-state index >= 15 is 0 Å². The fraction of sp³-hybridized carbons (Fsp3) is 0.333. The smallest absolute Gasteiger partial charge is 0.387 e. The summed E-state index contributed by atoms with van der Waals surface area (Å²) >= 11 is 3.31. The first kappa shape index (κ1) is 14.9. The Kier molecular flexibility index (Phi) is 5.42. The predicted molar refractivity (Wildman–Crippen MR) is 72.5 cm³/mol. The molecule has 1 aromatic carbocycles. The minimum Gasteiger partial charge on any atom is -0.434 e. The summed E-state index contributed by atoms with van der Waals surface area (Å²) in [6.45, 7) is -1.11. The van der Waals surface area contributed by atoms with Crippen molar-refractivity contribution in [2.45, 2.75) is 19.7 Å². The summed E-state index contributed by atoms with van der Waals surface area (Å²) in [6, 6.07) is 4.93. The second kappa shape index (κ2) is 7.30. The van der Waals surface area contributed by atoms with Crippen LogP contribution in [0.3, 0.4) is 0 Å². The summed E-state index contributed by atoms with van der Waals surface area (Å²) in [5.74, 6) is 0.177. The third-order valence-corrected chi connectivity index (χ3v) is 3.04. The topological polar surface area (TPSA) is 52.0 Å². The van der Waals surface area contributed by atoms with Gasteiger partial charge in [0.25, 0.3) is 0 Å². The number of halogens is 3. The molecule has 0 fully saturated rings. The maximum absolute atomic E-state index is 12.3. The van der Waals surface area contributed by atoms with Gasteiger partial charge in [0.15, 0.2) is 0 Å². The Morgan fingerprint density at radius 1 is 1.40 bits per heavy atom. The number of rotatable bonds is 7. The number of hydrogen-bond donors (Lipinski definition) is 1. The van der Waals surface area contributed by atoms with Crippen LogP contribution in [0, 0.1) is 0 Å². The predicted octanol–water partition coefficient (Wildman–Crippen LogP) is 2.43. The second-order valence-corrected chi connectivity index (χ2v) is 4.89. The lowest BCUT2D eigenvalue weighted by molar-refractivity contribution is -0.0505. The minimum atomic E-state index is -2.83. The van der Waals surface area contributed by atoms with Crippen molar-refractivity contribution in [3.63, 3.8) is 0 Å². The molecule has 108 valence electrons. The highest BCUT2D eigenvalue weighted by Crippen LogP contribution is 2.24. The van der Waals surface area contributed by atoms with Crippen LogP contribution in [-0.2, 0) is 13.1 Å². The largest absolute Gasteiger partial charge is 0.434 e. The lowest BCUT2D eigenvalue weighted by Gasteiger charge is -2.12. The summed E-state index contributed by atoms with van der Waals surface area (Å²) in [6.07, 6.45) is 3.36. The van der Waals surface area contributed by atoms with E-state index in [4.69, 9.17) is 0 Å². The molecule has 1 N–H and O–H groups in total. The van der Waals surface area contributed by atoms with Crippen molar-refractivity contribution >= 4 is 15.9 Å². The molecule has 0 unspecified atom stereocenters. The molecule has 0 amide bonds. The summed E-state index contributed by atoms with van der Waals surface area (Å²) < 4.78 is 31.6. The van der Waals surface area contributed by atoms with Gasteiger partial charge < -0.3 is 10.1 Å². The van der Waals surface area contributed by atoms with Crippen molar-refractivity contribution < 1.29 is 13.5 Å². The van der Waals surface area contributed by atoms with E-state index in [-0.39, 0.29) is 5.75 Å². The van der Waals surface area contributed by atoms with E-state index < -0.39 is 6.61 Å². The molecule has 2 aromatic rings. The lowest BCUT2D eigenvalue weighted by Crippen LogP contribution is -2.20. The number of aromatic nitrogens is 3. The molecule has 1 heterocycles. The highest BCUT2D eigenvalue weighted by Gasteiger charge is 2.09. The van der Waals surface area contributed by atoms with Crippen molar-refractivity contribution in [3.8, 4) is 5.75 Å². The van der Waals surface area contributed by atoms with Gasteiger partial charge in [-0.2, -0.15) is 8.78 Å².